The zero-order valence-electron chi connectivity index (χ0n) is 11.0. The number of Topliss-reactive ketones (excluding diaryl/α,β-unsaturated/α-hetero) is 1. The smallest absolute Gasteiger partial charge is 0.147 e. The Labute approximate surface area is 114 Å². The van der Waals surface area contributed by atoms with Gasteiger partial charge in [0.15, 0.2) is 0 Å². The molecule has 0 spiro atoms. The van der Waals surface area contributed by atoms with Gasteiger partial charge < -0.3 is 0 Å². The maximum atomic E-state index is 12.7. The maximum absolute atomic E-state index is 12.7. The van der Waals surface area contributed by atoms with E-state index in [2.05, 4.69) is 24.3 Å². The highest BCUT2D eigenvalue weighted by molar-refractivity contribution is 5.92. The summed E-state index contributed by atoms with van der Waals surface area (Å²) in [5.41, 5.74) is 2.35. The Bertz CT molecular complexity index is 495. The summed E-state index contributed by atoms with van der Waals surface area (Å²) in [6.45, 7) is 0. The van der Waals surface area contributed by atoms with Gasteiger partial charge in [-0.05, 0) is 24.0 Å². The van der Waals surface area contributed by atoms with Crippen LogP contribution in [-0.4, -0.2) is 5.78 Å². The summed E-state index contributed by atoms with van der Waals surface area (Å²) >= 11 is 0. The van der Waals surface area contributed by atoms with Gasteiger partial charge in [-0.1, -0.05) is 67.1 Å². The fourth-order valence-electron chi connectivity index (χ4n) is 3.09. The van der Waals surface area contributed by atoms with Gasteiger partial charge in [0.1, 0.15) is 5.78 Å². The fourth-order valence-corrected chi connectivity index (χ4v) is 3.09. The normalized spacial score (nSPS) is 23.3. The zero-order valence-corrected chi connectivity index (χ0v) is 11.0. The monoisotopic (exact) mass is 250 g/mol. The Kier molecular flexibility index (Phi) is 3.45. The lowest BCUT2D eigenvalue weighted by Gasteiger charge is -2.28. The Morgan fingerprint density at radius 3 is 1.53 bits per heavy atom. The van der Waals surface area contributed by atoms with Crippen molar-refractivity contribution in [2.24, 2.45) is 0 Å². The molecule has 0 N–H and O–H groups in total. The molecule has 0 aliphatic heterocycles. The topological polar surface area (TPSA) is 17.1 Å². The molecule has 0 bridgehead atoms. The maximum Gasteiger partial charge on any atom is 0.147 e. The van der Waals surface area contributed by atoms with Crippen molar-refractivity contribution in [1.29, 1.82) is 0 Å². The lowest BCUT2D eigenvalue weighted by molar-refractivity contribution is -0.123. The van der Waals surface area contributed by atoms with Gasteiger partial charge in [0.2, 0.25) is 0 Å². The molecule has 19 heavy (non-hydrogen) atoms. The zero-order chi connectivity index (χ0) is 13.1. The third kappa shape index (κ3) is 2.46. The molecule has 0 aromatic heterocycles. The molecule has 0 unspecified atom stereocenters. The predicted octanol–water partition coefficient (Wildman–Crippen LogP) is 4.31. The minimum Gasteiger partial charge on any atom is -0.298 e. The van der Waals surface area contributed by atoms with E-state index < -0.39 is 0 Å². The van der Waals surface area contributed by atoms with Crippen LogP contribution in [0.1, 0.15) is 42.2 Å². The standard InChI is InChI=1S/C18H18O/c19-18-16(14-8-3-1-4-9-14)12-7-13-17(18)15-10-5-2-6-11-15/h1-6,8-11,16-17H,7,12-13H2/t16-,17-/m1/s1. The highest BCUT2D eigenvalue weighted by Crippen LogP contribution is 2.38. The summed E-state index contributed by atoms with van der Waals surface area (Å²) in [5.74, 6) is 0.559. The van der Waals surface area contributed by atoms with E-state index in [1.165, 1.54) is 11.1 Å². The van der Waals surface area contributed by atoms with E-state index in [1.54, 1.807) is 0 Å². The molecule has 0 heterocycles. The molecule has 0 amide bonds. The van der Waals surface area contributed by atoms with Crippen molar-refractivity contribution >= 4 is 5.78 Å². The van der Waals surface area contributed by atoms with Crippen molar-refractivity contribution in [2.75, 3.05) is 0 Å². The van der Waals surface area contributed by atoms with E-state index in [4.69, 9.17) is 0 Å². The second-order valence-electron chi connectivity index (χ2n) is 5.26. The third-order valence-electron chi connectivity index (χ3n) is 4.08. The molecule has 3 rings (SSSR count). The van der Waals surface area contributed by atoms with Gasteiger partial charge in [-0.3, -0.25) is 4.79 Å². The number of rotatable bonds is 2. The van der Waals surface area contributed by atoms with Gasteiger partial charge >= 0.3 is 0 Å². The van der Waals surface area contributed by atoms with Crippen LogP contribution in [-0.2, 0) is 4.79 Å². The molecular formula is C18H18O. The molecule has 1 fully saturated rings. The molecule has 1 nitrogen and oxygen atoms in total. The molecular weight excluding hydrogens is 232 g/mol. The van der Waals surface area contributed by atoms with Gasteiger partial charge in [-0.25, -0.2) is 0 Å². The van der Waals surface area contributed by atoms with E-state index in [1.807, 2.05) is 36.4 Å². The largest absolute Gasteiger partial charge is 0.298 e. The Morgan fingerprint density at radius 2 is 1.11 bits per heavy atom. The van der Waals surface area contributed by atoms with Crippen molar-refractivity contribution in [3.05, 3.63) is 71.8 Å². The second kappa shape index (κ2) is 5.40. The highest BCUT2D eigenvalue weighted by atomic mass is 16.1. The number of carbonyl (C=O) groups is 1. The fraction of sp³-hybridized carbons (Fsp3) is 0.278. The van der Waals surface area contributed by atoms with Crippen molar-refractivity contribution in [3.63, 3.8) is 0 Å². The van der Waals surface area contributed by atoms with Gasteiger partial charge in [0.05, 0.1) is 0 Å². The van der Waals surface area contributed by atoms with Crippen molar-refractivity contribution < 1.29 is 4.79 Å². The Balaban J connectivity index is 1.88. The first-order valence-electron chi connectivity index (χ1n) is 7.00. The first kappa shape index (κ1) is 12.2. The van der Waals surface area contributed by atoms with E-state index >= 15 is 0 Å². The average molecular weight is 250 g/mol. The molecule has 0 radical (unpaired) electrons. The van der Waals surface area contributed by atoms with E-state index in [-0.39, 0.29) is 11.8 Å². The average Bonchev–Trinajstić information content (AvgIpc) is 2.49. The van der Waals surface area contributed by atoms with Gasteiger partial charge in [-0.15, -0.1) is 0 Å². The van der Waals surface area contributed by atoms with E-state index in [0.29, 0.717) is 5.78 Å². The van der Waals surface area contributed by atoms with Crippen LogP contribution in [0.25, 0.3) is 0 Å². The molecule has 2 atom stereocenters. The van der Waals surface area contributed by atoms with Crippen LogP contribution >= 0.6 is 0 Å². The molecule has 2 aromatic rings. The summed E-state index contributed by atoms with van der Waals surface area (Å²) in [7, 11) is 0. The summed E-state index contributed by atoms with van der Waals surface area (Å²) in [4.78, 5) is 12.7. The summed E-state index contributed by atoms with van der Waals surface area (Å²) in [6, 6.07) is 20.4. The Morgan fingerprint density at radius 1 is 0.684 bits per heavy atom. The molecule has 96 valence electrons. The summed E-state index contributed by atoms with van der Waals surface area (Å²) in [6.07, 6.45) is 3.11. The quantitative estimate of drug-likeness (QED) is 0.776. The highest BCUT2D eigenvalue weighted by Gasteiger charge is 2.32. The summed E-state index contributed by atoms with van der Waals surface area (Å²) in [5, 5.41) is 0. The van der Waals surface area contributed by atoms with Gasteiger partial charge in [0, 0.05) is 11.8 Å². The van der Waals surface area contributed by atoms with Crippen LogP contribution in [0.3, 0.4) is 0 Å². The molecule has 1 saturated carbocycles. The Hall–Kier alpha value is -1.89. The van der Waals surface area contributed by atoms with Crippen LogP contribution in [0, 0.1) is 0 Å². The van der Waals surface area contributed by atoms with Crippen LogP contribution in [0.4, 0.5) is 0 Å². The minimum absolute atomic E-state index is 0.0835. The minimum atomic E-state index is 0.0835. The number of carbonyl (C=O) groups excluding carboxylic acids is 1. The molecule has 2 aromatic carbocycles. The van der Waals surface area contributed by atoms with Gasteiger partial charge in [-0.2, -0.15) is 0 Å². The predicted molar refractivity (Wildman–Crippen MR) is 77.2 cm³/mol. The van der Waals surface area contributed by atoms with Crippen LogP contribution in [0.15, 0.2) is 60.7 Å². The van der Waals surface area contributed by atoms with Crippen molar-refractivity contribution in [3.8, 4) is 0 Å². The molecule has 0 saturated heterocycles. The van der Waals surface area contributed by atoms with E-state index in [0.717, 1.165) is 19.3 Å². The molecule has 1 aliphatic carbocycles. The summed E-state index contributed by atoms with van der Waals surface area (Å²) < 4.78 is 0. The van der Waals surface area contributed by atoms with Crippen LogP contribution < -0.4 is 0 Å². The SMILES string of the molecule is O=C1[C@@H](c2ccccc2)CCC[C@@H]1c1ccccc1. The number of benzene rings is 2. The lowest BCUT2D eigenvalue weighted by atomic mass is 9.74. The second-order valence-corrected chi connectivity index (χ2v) is 5.26. The lowest BCUT2D eigenvalue weighted by Crippen LogP contribution is -2.25. The molecule has 1 aliphatic rings. The number of hydrogen-bond donors (Lipinski definition) is 0. The number of hydrogen-bond acceptors (Lipinski definition) is 1. The van der Waals surface area contributed by atoms with Crippen LogP contribution in [0.5, 0.6) is 0 Å². The molecule has 1 heteroatoms. The first-order chi connectivity index (χ1) is 9.36. The first-order valence-corrected chi connectivity index (χ1v) is 7.00. The van der Waals surface area contributed by atoms with Gasteiger partial charge in [0.25, 0.3) is 0 Å². The van der Waals surface area contributed by atoms with E-state index in [9.17, 15) is 4.79 Å². The third-order valence-corrected chi connectivity index (χ3v) is 4.08. The van der Waals surface area contributed by atoms with Crippen LogP contribution in [0.2, 0.25) is 0 Å². The van der Waals surface area contributed by atoms with Crippen molar-refractivity contribution in [1.82, 2.24) is 0 Å². The number of ketones is 1. The van der Waals surface area contributed by atoms with Crippen molar-refractivity contribution in [2.45, 2.75) is 31.1 Å².